The lowest BCUT2D eigenvalue weighted by Crippen LogP contribution is -2.28. The fourth-order valence-electron chi connectivity index (χ4n) is 1.67. The Balaban J connectivity index is 2.54. The van der Waals surface area contributed by atoms with Crippen LogP contribution in [0.2, 0.25) is 0 Å². The smallest absolute Gasteiger partial charge is 0.122 e. The number of rotatable bonds is 7. The van der Waals surface area contributed by atoms with Crippen LogP contribution in [0.5, 0.6) is 5.75 Å². The predicted molar refractivity (Wildman–Crippen MR) is 67.2 cm³/mol. The molecule has 0 saturated heterocycles. The van der Waals surface area contributed by atoms with Crippen LogP contribution in [0.25, 0.3) is 0 Å². The molecule has 0 radical (unpaired) electrons. The maximum Gasteiger partial charge on any atom is 0.122 e. The standard InChI is InChI=1S/C13H21NO3/c1-3-11-6-10(4-5-13(11)17-2)7-14-8-12(16)9-15/h4-6,12,14-16H,3,7-9H2,1-2H3. The van der Waals surface area contributed by atoms with Crippen molar-refractivity contribution in [2.24, 2.45) is 0 Å². The molecule has 0 amide bonds. The highest BCUT2D eigenvalue weighted by Gasteiger charge is 2.04. The molecule has 1 aromatic rings. The summed E-state index contributed by atoms with van der Waals surface area (Å²) in [6, 6.07) is 6.05. The Hall–Kier alpha value is -1.10. The highest BCUT2D eigenvalue weighted by Crippen LogP contribution is 2.20. The van der Waals surface area contributed by atoms with Gasteiger partial charge in [0.2, 0.25) is 0 Å². The summed E-state index contributed by atoms with van der Waals surface area (Å²) < 4.78 is 5.26. The van der Waals surface area contributed by atoms with Gasteiger partial charge in [0.1, 0.15) is 5.75 Å². The first-order chi connectivity index (χ1) is 8.21. The molecule has 1 atom stereocenters. The highest BCUT2D eigenvalue weighted by atomic mass is 16.5. The molecule has 0 aliphatic carbocycles. The summed E-state index contributed by atoms with van der Waals surface area (Å²) in [5.41, 5.74) is 2.32. The number of hydrogen-bond donors (Lipinski definition) is 3. The normalized spacial score (nSPS) is 12.5. The van der Waals surface area contributed by atoms with Crippen LogP contribution in [-0.2, 0) is 13.0 Å². The Labute approximate surface area is 102 Å². The topological polar surface area (TPSA) is 61.7 Å². The van der Waals surface area contributed by atoms with Gasteiger partial charge in [0.05, 0.1) is 19.8 Å². The molecule has 0 heterocycles. The molecule has 17 heavy (non-hydrogen) atoms. The van der Waals surface area contributed by atoms with Gasteiger partial charge in [-0.05, 0) is 23.6 Å². The number of aliphatic hydroxyl groups is 2. The number of methoxy groups -OCH3 is 1. The summed E-state index contributed by atoms with van der Waals surface area (Å²) in [7, 11) is 1.67. The number of benzene rings is 1. The van der Waals surface area contributed by atoms with Crippen molar-refractivity contribution in [2.45, 2.75) is 26.0 Å². The first-order valence-corrected chi connectivity index (χ1v) is 5.86. The van der Waals surface area contributed by atoms with Gasteiger partial charge >= 0.3 is 0 Å². The van der Waals surface area contributed by atoms with Gasteiger partial charge in [-0.1, -0.05) is 19.1 Å². The van der Waals surface area contributed by atoms with Crippen LogP contribution < -0.4 is 10.1 Å². The first kappa shape index (κ1) is 14.0. The average molecular weight is 239 g/mol. The molecular weight excluding hydrogens is 218 g/mol. The van der Waals surface area contributed by atoms with Gasteiger partial charge in [-0.3, -0.25) is 0 Å². The van der Waals surface area contributed by atoms with E-state index >= 15 is 0 Å². The Bertz CT molecular complexity index is 341. The second kappa shape index (κ2) is 7.27. The third-order valence-electron chi connectivity index (χ3n) is 2.65. The average Bonchev–Trinajstić information content (AvgIpc) is 2.38. The Morgan fingerprint density at radius 2 is 2.18 bits per heavy atom. The van der Waals surface area contributed by atoms with Crippen LogP contribution in [0.4, 0.5) is 0 Å². The van der Waals surface area contributed by atoms with Crippen molar-refractivity contribution in [1.82, 2.24) is 5.32 Å². The van der Waals surface area contributed by atoms with Gasteiger partial charge in [-0.15, -0.1) is 0 Å². The van der Waals surface area contributed by atoms with Crippen molar-refractivity contribution in [1.29, 1.82) is 0 Å². The molecule has 0 bridgehead atoms. The second-order valence-corrected chi connectivity index (χ2v) is 3.97. The SMILES string of the molecule is CCc1cc(CNCC(O)CO)ccc1OC. The van der Waals surface area contributed by atoms with E-state index in [1.54, 1.807) is 7.11 Å². The Morgan fingerprint density at radius 1 is 1.41 bits per heavy atom. The van der Waals surface area contributed by atoms with E-state index in [0.29, 0.717) is 13.1 Å². The number of nitrogens with one attached hydrogen (secondary N) is 1. The molecule has 0 spiro atoms. The maximum absolute atomic E-state index is 9.19. The molecule has 1 aromatic carbocycles. The lowest BCUT2D eigenvalue weighted by Gasteiger charge is -2.11. The number of hydrogen-bond acceptors (Lipinski definition) is 4. The zero-order valence-corrected chi connectivity index (χ0v) is 10.4. The lowest BCUT2D eigenvalue weighted by molar-refractivity contribution is 0.0942. The highest BCUT2D eigenvalue weighted by molar-refractivity contribution is 5.37. The van der Waals surface area contributed by atoms with E-state index in [0.717, 1.165) is 17.7 Å². The first-order valence-electron chi connectivity index (χ1n) is 5.86. The molecular formula is C13H21NO3. The molecule has 0 aliphatic heterocycles. The predicted octanol–water partition coefficient (Wildman–Crippen LogP) is 0.700. The van der Waals surface area contributed by atoms with Crippen LogP contribution in [0.15, 0.2) is 18.2 Å². The van der Waals surface area contributed by atoms with E-state index in [9.17, 15) is 5.11 Å². The minimum Gasteiger partial charge on any atom is -0.496 e. The van der Waals surface area contributed by atoms with Crippen LogP contribution in [0.3, 0.4) is 0 Å². The quantitative estimate of drug-likeness (QED) is 0.655. The monoisotopic (exact) mass is 239 g/mol. The van der Waals surface area contributed by atoms with Crippen molar-refractivity contribution < 1.29 is 14.9 Å². The van der Waals surface area contributed by atoms with Crippen LogP contribution in [0, 0.1) is 0 Å². The van der Waals surface area contributed by atoms with Crippen LogP contribution in [0.1, 0.15) is 18.1 Å². The van der Waals surface area contributed by atoms with Gasteiger partial charge in [0, 0.05) is 13.1 Å². The minimum atomic E-state index is -0.695. The molecule has 4 heteroatoms. The zero-order valence-electron chi connectivity index (χ0n) is 10.4. The maximum atomic E-state index is 9.19. The largest absolute Gasteiger partial charge is 0.496 e. The third kappa shape index (κ3) is 4.34. The summed E-state index contributed by atoms with van der Waals surface area (Å²) in [5, 5.41) is 21.0. The van der Waals surface area contributed by atoms with E-state index in [-0.39, 0.29) is 6.61 Å². The summed E-state index contributed by atoms with van der Waals surface area (Å²) in [6.07, 6.45) is 0.231. The van der Waals surface area contributed by atoms with Gasteiger partial charge in [0.15, 0.2) is 0 Å². The Morgan fingerprint density at radius 3 is 2.76 bits per heavy atom. The molecule has 0 fully saturated rings. The van der Waals surface area contributed by atoms with Gasteiger partial charge in [-0.25, -0.2) is 0 Å². The molecule has 3 N–H and O–H groups in total. The third-order valence-corrected chi connectivity index (χ3v) is 2.65. The van der Waals surface area contributed by atoms with Crippen molar-refractivity contribution in [3.05, 3.63) is 29.3 Å². The van der Waals surface area contributed by atoms with Crippen LogP contribution in [-0.4, -0.2) is 36.6 Å². The lowest BCUT2D eigenvalue weighted by atomic mass is 10.1. The molecule has 1 rings (SSSR count). The van der Waals surface area contributed by atoms with Gasteiger partial charge in [0.25, 0.3) is 0 Å². The minimum absolute atomic E-state index is 0.212. The molecule has 0 aromatic heterocycles. The molecule has 0 saturated carbocycles. The van der Waals surface area contributed by atoms with E-state index in [4.69, 9.17) is 9.84 Å². The van der Waals surface area contributed by atoms with Gasteiger partial charge in [-0.2, -0.15) is 0 Å². The molecule has 96 valence electrons. The number of aryl methyl sites for hydroxylation is 1. The van der Waals surface area contributed by atoms with E-state index in [2.05, 4.69) is 18.3 Å². The number of ether oxygens (including phenoxy) is 1. The van der Waals surface area contributed by atoms with E-state index in [1.165, 1.54) is 5.56 Å². The van der Waals surface area contributed by atoms with Crippen molar-refractivity contribution in [3.63, 3.8) is 0 Å². The molecule has 1 unspecified atom stereocenters. The number of aliphatic hydroxyl groups excluding tert-OH is 2. The summed E-state index contributed by atoms with van der Waals surface area (Å²) >= 11 is 0. The molecule has 0 aliphatic rings. The van der Waals surface area contributed by atoms with E-state index < -0.39 is 6.10 Å². The van der Waals surface area contributed by atoms with Gasteiger partial charge < -0.3 is 20.3 Å². The fourth-order valence-corrected chi connectivity index (χ4v) is 1.67. The molecule has 4 nitrogen and oxygen atoms in total. The summed E-state index contributed by atoms with van der Waals surface area (Å²) in [5.74, 6) is 0.909. The Kier molecular flexibility index (Phi) is 5.97. The van der Waals surface area contributed by atoms with Crippen molar-refractivity contribution >= 4 is 0 Å². The fraction of sp³-hybridized carbons (Fsp3) is 0.538. The van der Waals surface area contributed by atoms with E-state index in [1.807, 2.05) is 12.1 Å². The zero-order chi connectivity index (χ0) is 12.7. The van der Waals surface area contributed by atoms with Crippen molar-refractivity contribution in [3.8, 4) is 5.75 Å². The summed E-state index contributed by atoms with van der Waals surface area (Å²) in [4.78, 5) is 0. The van der Waals surface area contributed by atoms with Crippen LogP contribution >= 0.6 is 0 Å². The summed E-state index contributed by atoms with van der Waals surface area (Å²) in [6.45, 7) is 2.94. The van der Waals surface area contributed by atoms with Crippen molar-refractivity contribution in [2.75, 3.05) is 20.3 Å². The second-order valence-electron chi connectivity index (χ2n) is 3.97.